The van der Waals surface area contributed by atoms with Gasteiger partial charge in [0, 0.05) is 24.1 Å². The molecule has 0 unspecified atom stereocenters. The molecule has 0 aliphatic carbocycles. The van der Waals surface area contributed by atoms with E-state index in [1.54, 1.807) is 0 Å². The number of carbonyl (C=O) groups is 1. The summed E-state index contributed by atoms with van der Waals surface area (Å²) < 4.78 is 45.6. The van der Waals surface area contributed by atoms with Crippen molar-refractivity contribution >= 4 is 5.78 Å². The van der Waals surface area contributed by atoms with Crippen LogP contribution in [0.5, 0.6) is 5.88 Å². The highest BCUT2D eigenvalue weighted by molar-refractivity contribution is 5.94. The summed E-state index contributed by atoms with van der Waals surface area (Å²) in [7, 11) is 0. The van der Waals surface area contributed by atoms with Crippen LogP contribution in [-0.2, 0) is 6.42 Å². The third-order valence-electron chi connectivity index (χ3n) is 3.84. The molecule has 3 rings (SSSR count). The summed E-state index contributed by atoms with van der Waals surface area (Å²) in [6.45, 7) is 0.667. The van der Waals surface area contributed by atoms with Crippen LogP contribution in [0.4, 0.5) is 13.2 Å². The van der Waals surface area contributed by atoms with Crippen molar-refractivity contribution in [3.05, 3.63) is 47.2 Å². The number of pyridine rings is 1. The Labute approximate surface area is 131 Å². The first kappa shape index (κ1) is 15.5. The maximum Gasteiger partial charge on any atom is 0.218 e. The largest absolute Gasteiger partial charge is 0.471 e. The van der Waals surface area contributed by atoms with Crippen LogP contribution in [0.3, 0.4) is 0 Å². The van der Waals surface area contributed by atoms with E-state index in [4.69, 9.17) is 4.74 Å². The lowest BCUT2D eigenvalue weighted by atomic mass is 9.94. The van der Waals surface area contributed by atoms with Gasteiger partial charge in [-0.05, 0) is 36.6 Å². The number of nitrogens with zero attached hydrogens (tertiary/aromatic N) is 1. The minimum atomic E-state index is -0.736. The number of Topliss-reactive ketones (excluding diaryl/α,β-unsaturated/α-hetero) is 1. The molecule has 0 saturated carbocycles. The van der Waals surface area contributed by atoms with E-state index in [1.165, 1.54) is 19.1 Å². The van der Waals surface area contributed by atoms with Crippen LogP contribution >= 0.6 is 0 Å². The zero-order chi connectivity index (χ0) is 16.6. The second kappa shape index (κ2) is 6.02. The number of aromatic nitrogens is 1. The molecule has 0 bridgehead atoms. The summed E-state index contributed by atoms with van der Waals surface area (Å²) in [5.74, 6) is -1.59. The summed E-state index contributed by atoms with van der Waals surface area (Å²) in [6, 6.07) is 4.71. The van der Waals surface area contributed by atoms with Crippen molar-refractivity contribution in [3.8, 4) is 17.0 Å². The van der Waals surface area contributed by atoms with Crippen LogP contribution < -0.4 is 4.74 Å². The summed E-state index contributed by atoms with van der Waals surface area (Å²) in [5.41, 5.74) is 1.29. The Morgan fingerprint density at radius 2 is 2.09 bits per heavy atom. The molecule has 1 aromatic heterocycles. The predicted octanol–water partition coefficient (Wildman–Crippen LogP) is 3.89. The Kier molecular flexibility index (Phi) is 4.07. The van der Waals surface area contributed by atoms with E-state index in [1.807, 2.05) is 0 Å². The van der Waals surface area contributed by atoms with Crippen molar-refractivity contribution in [3.63, 3.8) is 0 Å². The fourth-order valence-corrected chi connectivity index (χ4v) is 2.65. The Morgan fingerprint density at radius 3 is 2.74 bits per heavy atom. The molecule has 2 heterocycles. The fraction of sp³-hybridized carbons (Fsp3) is 0.294. The van der Waals surface area contributed by atoms with Crippen LogP contribution in [0.1, 0.15) is 29.4 Å². The van der Waals surface area contributed by atoms with Crippen LogP contribution in [0, 0.1) is 11.6 Å². The third-order valence-corrected chi connectivity index (χ3v) is 3.84. The van der Waals surface area contributed by atoms with E-state index in [0.29, 0.717) is 24.0 Å². The van der Waals surface area contributed by atoms with Crippen molar-refractivity contribution < 1.29 is 22.7 Å². The first-order valence-corrected chi connectivity index (χ1v) is 7.22. The molecule has 0 radical (unpaired) electrons. The molecule has 2 aromatic rings. The number of rotatable bonds is 3. The van der Waals surface area contributed by atoms with E-state index in [-0.39, 0.29) is 22.9 Å². The van der Waals surface area contributed by atoms with Gasteiger partial charge in [-0.15, -0.1) is 0 Å². The van der Waals surface area contributed by atoms with E-state index < -0.39 is 24.4 Å². The Hall–Kier alpha value is -2.37. The van der Waals surface area contributed by atoms with Gasteiger partial charge in [-0.25, -0.2) is 18.2 Å². The third kappa shape index (κ3) is 2.93. The van der Waals surface area contributed by atoms with E-state index in [0.717, 1.165) is 12.1 Å². The van der Waals surface area contributed by atoms with Gasteiger partial charge in [-0.3, -0.25) is 4.79 Å². The average Bonchev–Trinajstić information content (AvgIpc) is 2.53. The molecule has 0 fully saturated rings. The normalized spacial score (nSPS) is 16.6. The van der Waals surface area contributed by atoms with Crippen LogP contribution in [0.25, 0.3) is 11.1 Å². The molecule has 0 spiro atoms. The predicted molar refractivity (Wildman–Crippen MR) is 78.3 cm³/mol. The molecule has 6 heteroatoms. The summed E-state index contributed by atoms with van der Waals surface area (Å²) in [4.78, 5) is 15.8. The van der Waals surface area contributed by atoms with Crippen molar-refractivity contribution in [2.45, 2.75) is 25.9 Å². The minimum absolute atomic E-state index is 0.0991. The molecular formula is C17H14F3NO2. The standard InChI is InChI=1S/C17H14F3NO2/c1-9(22)16-7-14(12-4-2-10(19)6-15(12)20)13-5-3-11(8-18)23-17(13)21-16/h2,4,6-7,11H,3,5,8H2,1H3/t11-/m0/s1. The summed E-state index contributed by atoms with van der Waals surface area (Å²) >= 11 is 0. The van der Waals surface area contributed by atoms with Crippen LogP contribution in [0.2, 0.25) is 0 Å². The van der Waals surface area contributed by atoms with E-state index in [2.05, 4.69) is 4.98 Å². The highest BCUT2D eigenvalue weighted by Gasteiger charge is 2.26. The molecule has 0 amide bonds. The highest BCUT2D eigenvalue weighted by atomic mass is 19.1. The Morgan fingerprint density at radius 1 is 1.30 bits per heavy atom. The van der Waals surface area contributed by atoms with Crippen LogP contribution in [-0.4, -0.2) is 23.5 Å². The number of ether oxygens (including phenoxy) is 1. The number of alkyl halides is 1. The number of benzene rings is 1. The monoisotopic (exact) mass is 321 g/mol. The molecular weight excluding hydrogens is 307 g/mol. The van der Waals surface area contributed by atoms with Gasteiger partial charge in [0.1, 0.15) is 30.1 Å². The molecule has 0 N–H and O–H groups in total. The second-order valence-electron chi connectivity index (χ2n) is 5.45. The van der Waals surface area contributed by atoms with Crippen molar-refractivity contribution in [2.75, 3.05) is 6.67 Å². The Bertz CT molecular complexity index is 777. The zero-order valence-electron chi connectivity index (χ0n) is 12.4. The smallest absolute Gasteiger partial charge is 0.218 e. The van der Waals surface area contributed by atoms with Crippen molar-refractivity contribution in [1.82, 2.24) is 4.98 Å². The lowest BCUT2D eigenvalue weighted by Gasteiger charge is -2.25. The van der Waals surface area contributed by atoms with Crippen molar-refractivity contribution in [2.24, 2.45) is 0 Å². The number of halogens is 3. The van der Waals surface area contributed by atoms with Gasteiger partial charge in [0.25, 0.3) is 0 Å². The van der Waals surface area contributed by atoms with Gasteiger partial charge in [-0.2, -0.15) is 0 Å². The van der Waals surface area contributed by atoms with Gasteiger partial charge in [0.15, 0.2) is 5.78 Å². The molecule has 1 aliphatic rings. The van der Waals surface area contributed by atoms with Crippen molar-refractivity contribution in [1.29, 1.82) is 0 Å². The SMILES string of the molecule is CC(=O)c1cc(-c2ccc(F)cc2F)c2c(n1)O[C@H](CF)CC2. The first-order chi connectivity index (χ1) is 11.0. The topological polar surface area (TPSA) is 39.2 Å². The number of ketones is 1. The second-order valence-corrected chi connectivity index (χ2v) is 5.45. The van der Waals surface area contributed by atoms with Crippen LogP contribution in [0.15, 0.2) is 24.3 Å². The lowest BCUT2D eigenvalue weighted by molar-refractivity contribution is 0.100. The first-order valence-electron chi connectivity index (χ1n) is 7.22. The van der Waals surface area contributed by atoms with Gasteiger partial charge in [0.05, 0.1) is 0 Å². The van der Waals surface area contributed by atoms with Gasteiger partial charge >= 0.3 is 0 Å². The number of fused-ring (bicyclic) bond motifs is 1. The maximum absolute atomic E-state index is 14.1. The molecule has 1 aliphatic heterocycles. The molecule has 120 valence electrons. The molecule has 1 aromatic carbocycles. The summed E-state index contributed by atoms with van der Waals surface area (Å²) in [5, 5.41) is 0. The Balaban J connectivity index is 2.19. The number of hydrogen-bond donors (Lipinski definition) is 0. The average molecular weight is 321 g/mol. The highest BCUT2D eigenvalue weighted by Crippen LogP contribution is 2.36. The fourth-order valence-electron chi connectivity index (χ4n) is 2.65. The number of carbonyl (C=O) groups excluding carboxylic acids is 1. The van der Waals surface area contributed by atoms with Gasteiger partial charge < -0.3 is 4.74 Å². The quantitative estimate of drug-likeness (QED) is 0.805. The molecule has 3 nitrogen and oxygen atoms in total. The van der Waals surface area contributed by atoms with Gasteiger partial charge in [-0.1, -0.05) is 0 Å². The maximum atomic E-state index is 14.1. The molecule has 1 atom stereocenters. The minimum Gasteiger partial charge on any atom is -0.471 e. The van der Waals surface area contributed by atoms with E-state index in [9.17, 15) is 18.0 Å². The molecule has 0 saturated heterocycles. The lowest BCUT2D eigenvalue weighted by Crippen LogP contribution is -2.26. The zero-order valence-corrected chi connectivity index (χ0v) is 12.4. The molecule has 23 heavy (non-hydrogen) atoms. The number of hydrogen-bond acceptors (Lipinski definition) is 3. The van der Waals surface area contributed by atoms with Gasteiger partial charge in [0.2, 0.25) is 5.88 Å². The summed E-state index contributed by atoms with van der Waals surface area (Å²) in [6.07, 6.45) is 0.255. The van der Waals surface area contributed by atoms with E-state index >= 15 is 0 Å².